The van der Waals surface area contributed by atoms with E-state index in [0.29, 0.717) is 0 Å². The third-order valence-corrected chi connectivity index (χ3v) is 10.7. The minimum absolute atomic E-state index is 0.926. The lowest BCUT2D eigenvalue weighted by Gasteiger charge is -2.18. The van der Waals surface area contributed by atoms with Crippen molar-refractivity contribution in [1.29, 1.82) is 0 Å². The minimum Gasteiger partial charge on any atom is -0.309 e. The number of nitrogens with zero attached hydrogens (tertiary/aromatic N) is 3. The van der Waals surface area contributed by atoms with E-state index in [-0.39, 0.29) is 0 Å². The highest BCUT2D eigenvalue weighted by atomic mass is 15.0. The molecule has 0 bridgehead atoms. The van der Waals surface area contributed by atoms with Crippen molar-refractivity contribution in [2.75, 3.05) is 0 Å². The maximum absolute atomic E-state index is 5.49. The van der Waals surface area contributed by atoms with Crippen LogP contribution in [0.5, 0.6) is 0 Å². The number of hydrogen-bond acceptors (Lipinski definition) is 1. The highest BCUT2D eigenvalue weighted by Crippen LogP contribution is 2.41. The molecule has 3 aromatic heterocycles. The van der Waals surface area contributed by atoms with Gasteiger partial charge in [-0.05, 0) is 96.8 Å². The molecular weight excluding hydrogens is 643 g/mol. The van der Waals surface area contributed by atoms with Crippen LogP contribution in [0.4, 0.5) is 0 Å². The quantitative estimate of drug-likeness (QED) is 0.171. The molecule has 10 rings (SSSR count). The van der Waals surface area contributed by atoms with E-state index in [1.807, 2.05) is 0 Å². The molecule has 0 unspecified atom stereocenters. The topological polar surface area (TPSA) is 22.8 Å². The number of hydrogen-bond donors (Lipinski definition) is 0. The van der Waals surface area contributed by atoms with Gasteiger partial charge in [-0.25, -0.2) is 4.98 Å². The number of aryl methyl sites for hydroxylation is 2. The Morgan fingerprint density at radius 3 is 1.75 bits per heavy atom. The van der Waals surface area contributed by atoms with Gasteiger partial charge in [-0.2, -0.15) is 0 Å². The normalized spacial score (nSPS) is 11.7. The first kappa shape index (κ1) is 31.1. The second kappa shape index (κ2) is 12.5. The average molecular weight is 680 g/mol. The lowest BCUT2D eigenvalue weighted by Crippen LogP contribution is -2.02. The maximum atomic E-state index is 5.49. The van der Waals surface area contributed by atoms with Crippen LogP contribution in [0.2, 0.25) is 0 Å². The largest absolute Gasteiger partial charge is 0.309 e. The number of benzene rings is 7. The van der Waals surface area contributed by atoms with Gasteiger partial charge in [0.2, 0.25) is 0 Å². The van der Waals surface area contributed by atoms with Gasteiger partial charge in [-0.3, -0.25) is 0 Å². The molecule has 0 aliphatic heterocycles. The van der Waals surface area contributed by atoms with Crippen molar-refractivity contribution >= 4 is 43.6 Å². The number of pyridine rings is 1. The van der Waals surface area contributed by atoms with Crippen molar-refractivity contribution in [1.82, 2.24) is 14.1 Å². The Balaban J connectivity index is 1.32. The first-order chi connectivity index (χ1) is 26.1. The van der Waals surface area contributed by atoms with Crippen LogP contribution in [0.3, 0.4) is 0 Å². The van der Waals surface area contributed by atoms with E-state index in [9.17, 15) is 0 Å². The number of rotatable bonds is 6. The van der Waals surface area contributed by atoms with Gasteiger partial charge in [0.05, 0.1) is 39.1 Å². The Hall–Kier alpha value is -6.71. The van der Waals surface area contributed by atoms with Crippen molar-refractivity contribution in [3.05, 3.63) is 187 Å². The number of aromatic nitrogens is 3. The summed E-state index contributed by atoms with van der Waals surface area (Å²) in [5.74, 6) is 0. The summed E-state index contributed by atoms with van der Waals surface area (Å²) in [6, 6.07) is 63.9. The molecule has 0 aliphatic carbocycles. The summed E-state index contributed by atoms with van der Waals surface area (Å²) in [4.78, 5) is 5.49. The van der Waals surface area contributed by atoms with Gasteiger partial charge >= 0.3 is 0 Å². The van der Waals surface area contributed by atoms with Gasteiger partial charge in [0, 0.05) is 38.4 Å². The fraction of sp³-hybridized carbons (Fsp3) is 0.0600. The summed E-state index contributed by atoms with van der Waals surface area (Å²) in [6.07, 6.45) is 0.992. The first-order valence-electron chi connectivity index (χ1n) is 18.4. The molecule has 0 aliphatic rings. The van der Waals surface area contributed by atoms with Crippen LogP contribution >= 0.6 is 0 Å². The van der Waals surface area contributed by atoms with Crippen molar-refractivity contribution in [3.8, 4) is 45.0 Å². The first-order valence-corrected chi connectivity index (χ1v) is 18.4. The van der Waals surface area contributed by atoms with E-state index in [2.05, 4.69) is 199 Å². The van der Waals surface area contributed by atoms with Gasteiger partial charge in [0.15, 0.2) is 0 Å². The number of para-hydroxylation sites is 2. The number of fused-ring (bicyclic) bond motifs is 6. The fourth-order valence-corrected chi connectivity index (χ4v) is 8.15. The standard InChI is InChI=1S/C50H37N3/c1-3-34-23-26-49-42(29-34)40-19-11-13-21-47(40)53(49)50-27-24-38(52-46-20-12-10-18-39(46)41-28-33(2)22-25-48(41)52)32-43(50)45-31-37(35-14-6-4-7-15-35)30-44(51-45)36-16-8-5-9-17-36/h4-32H,3H2,1-2H3. The Morgan fingerprint density at radius 1 is 0.434 bits per heavy atom. The van der Waals surface area contributed by atoms with Crippen LogP contribution in [-0.4, -0.2) is 14.1 Å². The SMILES string of the molecule is CCc1ccc2c(c1)c1ccccc1n2-c1ccc(-n2c3ccccc3c3cc(C)ccc32)cc1-c1cc(-c2ccccc2)cc(-c2ccccc2)n1. The smallest absolute Gasteiger partial charge is 0.0737 e. The third-order valence-electron chi connectivity index (χ3n) is 10.7. The third kappa shape index (κ3) is 5.16. The summed E-state index contributed by atoms with van der Waals surface area (Å²) >= 11 is 0. The maximum Gasteiger partial charge on any atom is 0.0737 e. The summed E-state index contributed by atoms with van der Waals surface area (Å²) in [7, 11) is 0. The molecule has 3 heteroatoms. The van der Waals surface area contributed by atoms with E-state index in [4.69, 9.17) is 4.98 Å². The van der Waals surface area contributed by atoms with E-state index < -0.39 is 0 Å². The molecule has 7 aromatic carbocycles. The van der Waals surface area contributed by atoms with Crippen LogP contribution < -0.4 is 0 Å². The molecule has 0 fully saturated rings. The Kier molecular flexibility index (Phi) is 7.33. The van der Waals surface area contributed by atoms with Crippen molar-refractivity contribution in [2.24, 2.45) is 0 Å². The van der Waals surface area contributed by atoms with E-state index >= 15 is 0 Å². The summed E-state index contributed by atoms with van der Waals surface area (Å²) in [5.41, 5.74) is 15.8. The molecule has 10 aromatic rings. The molecule has 0 radical (unpaired) electrons. The van der Waals surface area contributed by atoms with Gasteiger partial charge < -0.3 is 9.13 Å². The van der Waals surface area contributed by atoms with Gasteiger partial charge in [0.25, 0.3) is 0 Å². The molecule has 0 spiro atoms. The second-order valence-electron chi connectivity index (χ2n) is 14.0. The minimum atomic E-state index is 0.926. The zero-order valence-electron chi connectivity index (χ0n) is 29.8. The predicted octanol–water partition coefficient (Wildman–Crippen LogP) is 13.1. The molecule has 0 saturated heterocycles. The lowest BCUT2D eigenvalue weighted by molar-refractivity contribution is 1.13. The zero-order valence-corrected chi connectivity index (χ0v) is 29.8. The van der Waals surface area contributed by atoms with Crippen molar-refractivity contribution in [3.63, 3.8) is 0 Å². The van der Waals surface area contributed by atoms with Crippen LogP contribution in [0.15, 0.2) is 176 Å². The predicted molar refractivity (Wildman–Crippen MR) is 223 cm³/mol. The lowest BCUT2D eigenvalue weighted by atomic mass is 9.99. The van der Waals surface area contributed by atoms with Crippen LogP contribution in [0, 0.1) is 6.92 Å². The van der Waals surface area contributed by atoms with Gasteiger partial charge in [-0.15, -0.1) is 0 Å². The highest BCUT2D eigenvalue weighted by molar-refractivity contribution is 6.11. The molecule has 0 saturated carbocycles. The molecule has 3 heterocycles. The molecule has 53 heavy (non-hydrogen) atoms. The van der Waals surface area contributed by atoms with Crippen LogP contribution in [-0.2, 0) is 6.42 Å². The second-order valence-corrected chi connectivity index (χ2v) is 14.0. The molecule has 0 atom stereocenters. The monoisotopic (exact) mass is 679 g/mol. The Bertz CT molecular complexity index is 2930. The van der Waals surface area contributed by atoms with E-state index in [0.717, 1.165) is 51.4 Å². The van der Waals surface area contributed by atoms with E-state index in [1.54, 1.807) is 0 Å². The van der Waals surface area contributed by atoms with Crippen LogP contribution in [0.1, 0.15) is 18.1 Å². The Labute approximate surface area is 309 Å². The van der Waals surface area contributed by atoms with Crippen molar-refractivity contribution in [2.45, 2.75) is 20.3 Å². The molecule has 252 valence electrons. The summed E-state index contributed by atoms with van der Waals surface area (Å²) in [5, 5.41) is 5.03. The zero-order chi connectivity index (χ0) is 35.5. The molecular formula is C50H37N3. The highest BCUT2D eigenvalue weighted by Gasteiger charge is 2.20. The molecule has 0 N–H and O–H groups in total. The molecule has 0 amide bonds. The average Bonchev–Trinajstić information content (AvgIpc) is 3.73. The van der Waals surface area contributed by atoms with Gasteiger partial charge in [0.1, 0.15) is 0 Å². The summed E-state index contributed by atoms with van der Waals surface area (Å²) in [6.45, 7) is 4.40. The summed E-state index contributed by atoms with van der Waals surface area (Å²) < 4.78 is 4.85. The fourth-order valence-electron chi connectivity index (χ4n) is 8.15. The van der Waals surface area contributed by atoms with E-state index in [1.165, 1.54) is 54.7 Å². The van der Waals surface area contributed by atoms with Crippen LogP contribution in [0.25, 0.3) is 88.6 Å². The van der Waals surface area contributed by atoms with Gasteiger partial charge in [-0.1, -0.05) is 122 Å². The van der Waals surface area contributed by atoms with Crippen molar-refractivity contribution < 1.29 is 0 Å². The Morgan fingerprint density at radius 2 is 1.02 bits per heavy atom. The molecule has 3 nitrogen and oxygen atoms in total.